The molecule has 0 aliphatic rings. The molecule has 0 atom stereocenters. The van der Waals surface area contributed by atoms with Crippen molar-refractivity contribution in [2.75, 3.05) is 6.61 Å². The van der Waals surface area contributed by atoms with Gasteiger partial charge in [-0.3, -0.25) is 4.79 Å². The minimum absolute atomic E-state index is 0.343. The lowest BCUT2D eigenvalue weighted by atomic mass is 10.4. The average molecular weight is 198 g/mol. The largest absolute Gasteiger partial charge is 0.463 e. The molecule has 14 heavy (non-hydrogen) atoms. The van der Waals surface area contributed by atoms with E-state index in [4.69, 9.17) is 4.74 Å². The lowest BCUT2D eigenvalue weighted by Gasteiger charge is -1.97. The molecule has 0 aliphatic heterocycles. The van der Waals surface area contributed by atoms with Crippen molar-refractivity contribution in [3.05, 3.63) is 24.0 Å². The van der Waals surface area contributed by atoms with Gasteiger partial charge in [0.05, 0.1) is 6.61 Å². The van der Waals surface area contributed by atoms with Gasteiger partial charge in [-0.05, 0) is 19.9 Å². The normalized spacial score (nSPS) is 11.5. The van der Waals surface area contributed by atoms with E-state index >= 15 is 0 Å². The summed E-state index contributed by atoms with van der Waals surface area (Å²) in [7, 11) is 0. The predicted octanol–water partition coefficient (Wildman–Crippen LogP) is 1.57. The topological polar surface area (TPSA) is 52.6 Å². The number of esters is 2. The second-order valence-corrected chi connectivity index (χ2v) is 2.48. The third-order valence-corrected chi connectivity index (χ3v) is 1.15. The van der Waals surface area contributed by atoms with Gasteiger partial charge in [0.15, 0.2) is 0 Å². The summed E-state index contributed by atoms with van der Waals surface area (Å²) in [5.74, 6) is -0.374. The zero-order chi connectivity index (χ0) is 11.0. The van der Waals surface area contributed by atoms with Gasteiger partial charge in [-0.15, -0.1) is 0 Å². The van der Waals surface area contributed by atoms with E-state index in [1.54, 1.807) is 13.8 Å². The number of rotatable bonds is 4. The Hall–Kier alpha value is -1.58. The molecule has 0 unspecified atom stereocenters. The highest BCUT2D eigenvalue weighted by Crippen LogP contribution is 1.96. The summed E-state index contributed by atoms with van der Waals surface area (Å²) in [4.78, 5) is 21.3. The van der Waals surface area contributed by atoms with Gasteiger partial charge in [-0.1, -0.05) is 6.08 Å². The average Bonchev–Trinajstić information content (AvgIpc) is 2.02. The zero-order valence-electron chi connectivity index (χ0n) is 8.57. The molecule has 0 saturated carbocycles. The highest BCUT2D eigenvalue weighted by molar-refractivity contribution is 5.82. The van der Waals surface area contributed by atoms with Crippen molar-refractivity contribution in [3.63, 3.8) is 0 Å². The molecule has 0 rings (SSSR count). The molecule has 0 aromatic heterocycles. The van der Waals surface area contributed by atoms with Crippen LogP contribution in [0.2, 0.25) is 0 Å². The fourth-order valence-corrected chi connectivity index (χ4v) is 0.713. The molecule has 0 aromatic carbocycles. The number of carbonyl (C=O) groups excluding carboxylic acids is 2. The Kier molecular flexibility index (Phi) is 6.11. The highest BCUT2D eigenvalue weighted by atomic mass is 16.5. The summed E-state index contributed by atoms with van der Waals surface area (Å²) in [6.07, 6.45) is 4.24. The van der Waals surface area contributed by atoms with E-state index in [0.29, 0.717) is 12.4 Å². The fraction of sp³-hybridized carbons (Fsp3) is 0.400. The van der Waals surface area contributed by atoms with Crippen molar-refractivity contribution in [2.45, 2.75) is 20.8 Å². The van der Waals surface area contributed by atoms with Crippen LogP contribution in [0.15, 0.2) is 24.0 Å². The molecule has 4 heteroatoms. The summed E-state index contributed by atoms with van der Waals surface area (Å²) in [5.41, 5.74) is 0. The van der Waals surface area contributed by atoms with E-state index in [0.717, 1.165) is 0 Å². The molecule has 0 radical (unpaired) electrons. The molecule has 0 aromatic rings. The Morgan fingerprint density at radius 2 is 1.93 bits per heavy atom. The summed E-state index contributed by atoms with van der Waals surface area (Å²) >= 11 is 0. The van der Waals surface area contributed by atoms with Crippen molar-refractivity contribution < 1.29 is 19.1 Å². The maximum Gasteiger partial charge on any atom is 0.330 e. The van der Waals surface area contributed by atoms with Gasteiger partial charge in [-0.25, -0.2) is 4.79 Å². The maximum atomic E-state index is 10.8. The van der Waals surface area contributed by atoms with Gasteiger partial charge in [0.2, 0.25) is 0 Å². The number of hydrogen-bond acceptors (Lipinski definition) is 4. The van der Waals surface area contributed by atoms with E-state index in [1.807, 2.05) is 0 Å². The van der Waals surface area contributed by atoms with Crippen LogP contribution in [0.5, 0.6) is 0 Å². The molecule has 4 nitrogen and oxygen atoms in total. The van der Waals surface area contributed by atoms with Gasteiger partial charge in [0.25, 0.3) is 0 Å². The Labute approximate surface area is 83.2 Å². The van der Waals surface area contributed by atoms with Crippen LogP contribution in [0.4, 0.5) is 0 Å². The van der Waals surface area contributed by atoms with Crippen molar-refractivity contribution in [3.8, 4) is 0 Å². The highest BCUT2D eigenvalue weighted by Gasteiger charge is 1.94. The lowest BCUT2D eigenvalue weighted by molar-refractivity contribution is -0.137. The molecular formula is C10H14O4. The van der Waals surface area contributed by atoms with Gasteiger partial charge >= 0.3 is 11.9 Å². The first kappa shape index (κ1) is 12.4. The van der Waals surface area contributed by atoms with Crippen molar-refractivity contribution in [1.82, 2.24) is 0 Å². The first-order valence-electron chi connectivity index (χ1n) is 4.26. The second kappa shape index (κ2) is 6.88. The minimum Gasteiger partial charge on any atom is -0.463 e. The minimum atomic E-state index is -0.417. The molecule has 0 bridgehead atoms. The molecule has 78 valence electrons. The molecular weight excluding hydrogens is 184 g/mol. The van der Waals surface area contributed by atoms with E-state index in [-0.39, 0.29) is 5.97 Å². The van der Waals surface area contributed by atoms with Crippen LogP contribution in [0.1, 0.15) is 20.8 Å². The van der Waals surface area contributed by atoms with Crippen LogP contribution in [0.3, 0.4) is 0 Å². The SMILES string of the molecule is CCOC(=O)C=CC=C(C)OC(C)=O. The third-order valence-electron chi connectivity index (χ3n) is 1.15. The molecule has 0 fully saturated rings. The smallest absolute Gasteiger partial charge is 0.330 e. The van der Waals surface area contributed by atoms with Crippen LogP contribution in [0, 0.1) is 0 Å². The third kappa shape index (κ3) is 7.09. The fourth-order valence-electron chi connectivity index (χ4n) is 0.713. The van der Waals surface area contributed by atoms with E-state index in [1.165, 1.54) is 25.2 Å². The van der Waals surface area contributed by atoms with Gasteiger partial charge < -0.3 is 9.47 Å². The first-order valence-corrected chi connectivity index (χ1v) is 4.26. The van der Waals surface area contributed by atoms with E-state index in [9.17, 15) is 9.59 Å². The van der Waals surface area contributed by atoms with Crippen LogP contribution < -0.4 is 0 Å². The molecule has 0 spiro atoms. The van der Waals surface area contributed by atoms with Crippen molar-refractivity contribution >= 4 is 11.9 Å². The molecule has 0 aliphatic carbocycles. The van der Waals surface area contributed by atoms with Crippen molar-refractivity contribution in [1.29, 1.82) is 0 Å². The Morgan fingerprint density at radius 3 is 2.43 bits per heavy atom. The lowest BCUT2D eigenvalue weighted by Crippen LogP contribution is -1.98. The quantitative estimate of drug-likeness (QED) is 0.298. The summed E-state index contributed by atoms with van der Waals surface area (Å²) < 4.78 is 9.35. The molecule has 0 saturated heterocycles. The number of hydrogen-bond donors (Lipinski definition) is 0. The van der Waals surface area contributed by atoms with Crippen LogP contribution in [-0.4, -0.2) is 18.5 Å². The zero-order valence-corrected chi connectivity index (χ0v) is 8.57. The van der Waals surface area contributed by atoms with E-state index < -0.39 is 5.97 Å². The summed E-state index contributed by atoms with van der Waals surface area (Å²) in [6.45, 7) is 5.00. The Balaban J connectivity index is 4.00. The van der Waals surface area contributed by atoms with Crippen LogP contribution >= 0.6 is 0 Å². The van der Waals surface area contributed by atoms with Crippen LogP contribution in [0.25, 0.3) is 0 Å². The Morgan fingerprint density at radius 1 is 1.29 bits per heavy atom. The maximum absolute atomic E-state index is 10.8. The van der Waals surface area contributed by atoms with Gasteiger partial charge in [0, 0.05) is 13.0 Å². The molecule has 0 heterocycles. The molecule has 0 N–H and O–H groups in total. The first-order chi connectivity index (χ1) is 6.56. The molecule has 0 amide bonds. The second-order valence-electron chi connectivity index (χ2n) is 2.48. The van der Waals surface area contributed by atoms with Gasteiger partial charge in [0.1, 0.15) is 5.76 Å². The van der Waals surface area contributed by atoms with Crippen LogP contribution in [-0.2, 0) is 19.1 Å². The summed E-state index contributed by atoms with van der Waals surface area (Å²) in [6, 6.07) is 0. The van der Waals surface area contributed by atoms with E-state index in [2.05, 4.69) is 4.74 Å². The number of carbonyl (C=O) groups is 2. The van der Waals surface area contributed by atoms with Gasteiger partial charge in [-0.2, -0.15) is 0 Å². The predicted molar refractivity (Wildman–Crippen MR) is 51.3 cm³/mol. The summed E-state index contributed by atoms with van der Waals surface area (Å²) in [5, 5.41) is 0. The number of allylic oxidation sites excluding steroid dienone is 3. The standard InChI is InChI=1S/C10H14O4/c1-4-13-10(12)7-5-6-8(2)14-9(3)11/h5-7H,4H2,1-3H3. The monoisotopic (exact) mass is 198 g/mol. The Bertz CT molecular complexity index is 263. The van der Waals surface area contributed by atoms with Crippen molar-refractivity contribution in [2.24, 2.45) is 0 Å². The number of ether oxygens (including phenoxy) is 2.